The van der Waals surface area contributed by atoms with Gasteiger partial charge in [0, 0.05) is 5.56 Å². The summed E-state index contributed by atoms with van der Waals surface area (Å²) in [5.74, 6) is 1.68. The summed E-state index contributed by atoms with van der Waals surface area (Å²) in [6.07, 6.45) is 0. The van der Waals surface area contributed by atoms with E-state index in [1.165, 1.54) is 0 Å². The van der Waals surface area contributed by atoms with Crippen LogP contribution in [-0.2, 0) is 0 Å². The fourth-order valence-electron chi connectivity index (χ4n) is 1.78. The molecule has 1 aliphatic heterocycles. The van der Waals surface area contributed by atoms with Crippen molar-refractivity contribution in [1.82, 2.24) is 0 Å². The Kier molecular flexibility index (Phi) is 1.85. The summed E-state index contributed by atoms with van der Waals surface area (Å²) in [5.41, 5.74) is 2.24. The molecule has 2 heteroatoms. The van der Waals surface area contributed by atoms with Crippen molar-refractivity contribution < 1.29 is 9.47 Å². The van der Waals surface area contributed by atoms with Gasteiger partial charge in [0.25, 0.3) is 0 Å². The van der Waals surface area contributed by atoms with Crippen LogP contribution < -0.4 is 9.47 Å². The third-order valence-electron chi connectivity index (χ3n) is 2.48. The molecule has 0 N–H and O–H groups in total. The molecule has 0 radical (unpaired) electrons. The first-order valence-electron chi connectivity index (χ1n) is 4.89. The molecule has 15 heavy (non-hydrogen) atoms. The quantitative estimate of drug-likeness (QED) is 0.701. The van der Waals surface area contributed by atoms with E-state index in [9.17, 15) is 0 Å². The third-order valence-corrected chi connectivity index (χ3v) is 2.48. The predicted molar refractivity (Wildman–Crippen MR) is 58.0 cm³/mol. The lowest BCUT2D eigenvalue weighted by molar-refractivity contribution is 0.174. The molecule has 2 aromatic carbocycles. The van der Waals surface area contributed by atoms with Crippen molar-refractivity contribution in [2.24, 2.45) is 0 Å². The van der Waals surface area contributed by atoms with E-state index < -0.39 is 0 Å². The van der Waals surface area contributed by atoms with Gasteiger partial charge in [-0.3, -0.25) is 0 Å². The van der Waals surface area contributed by atoms with E-state index in [0.717, 1.165) is 22.6 Å². The first kappa shape index (κ1) is 8.36. The summed E-state index contributed by atoms with van der Waals surface area (Å²) in [6.45, 7) is 0.319. The maximum absolute atomic E-state index is 5.46. The van der Waals surface area contributed by atoms with Gasteiger partial charge in [-0.05, 0) is 11.6 Å². The number of ether oxygens (including phenoxy) is 2. The molecular weight excluding hydrogens is 188 g/mol. The van der Waals surface area contributed by atoms with Gasteiger partial charge in [-0.25, -0.2) is 0 Å². The molecule has 1 heterocycles. The molecule has 0 saturated carbocycles. The molecule has 0 aliphatic carbocycles. The Balaban J connectivity index is 2.17. The molecule has 1 aliphatic rings. The average molecular weight is 198 g/mol. The molecule has 0 spiro atoms. The highest BCUT2D eigenvalue weighted by atomic mass is 16.7. The standard InChI is InChI=1S/C13H10O2/c1-2-5-10(6-3-1)11-7-4-8-12-13(11)15-9-14-12/h1-8H,9H2. The molecule has 0 saturated heterocycles. The Bertz CT molecular complexity index is 477. The molecule has 74 valence electrons. The Morgan fingerprint density at radius 3 is 2.53 bits per heavy atom. The second-order valence-corrected chi connectivity index (χ2v) is 3.41. The van der Waals surface area contributed by atoms with Crippen LogP contribution in [0.2, 0.25) is 0 Å². The zero-order chi connectivity index (χ0) is 10.1. The molecule has 2 aromatic rings. The molecule has 0 fully saturated rings. The number of benzene rings is 2. The van der Waals surface area contributed by atoms with Crippen LogP contribution >= 0.6 is 0 Å². The van der Waals surface area contributed by atoms with Crippen LogP contribution in [0.1, 0.15) is 0 Å². The van der Waals surface area contributed by atoms with Crippen molar-refractivity contribution in [3.8, 4) is 22.6 Å². The Labute approximate surface area is 88.1 Å². The average Bonchev–Trinajstić information content (AvgIpc) is 2.78. The molecule has 0 bridgehead atoms. The van der Waals surface area contributed by atoms with Crippen LogP contribution in [0.3, 0.4) is 0 Å². The monoisotopic (exact) mass is 198 g/mol. The molecule has 0 unspecified atom stereocenters. The number of hydrogen-bond acceptors (Lipinski definition) is 2. The van der Waals surface area contributed by atoms with Crippen LogP contribution in [0.4, 0.5) is 0 Å². The van der Waals surface area contributed by atoms with Gasteiger partial charge in [-0.1, -0.05) is 42.5 Å². The lowest BCUT2D eigenvalue weighted by atomic mass is 10.0. The number of para-hydroxylation sites is 1. The van der Waals surface area contributed by atoms with Crippen LogP contribution in [0.25, 0.3) is 11.1 Å². The Morgan fingerprint density at radius 2 is 1.67 bits per heavy atom. The number of rotatable bonds is 1. The van der Waals surface area contributed by atoms with E-state index in [1.807, 2.05) is 36.4 Å². The topological polar surface area (TPSA) is 18.5 Å². The summed E-state index contributed by atoms with van der Waals surface area (Å²) in [6, 6.07) is 16.1. The lowest BCUT2D eigenvalue weighted by Crippen LogP contribution is -1.93. The summed E-state index contributed by atoms with van der Waals surface area (Å²) in [4.78, 5) is 0. The van der Waals surface area contributed by atoms with Gasteiger partial charge in [0.2, 0.25) is 6.79 Å². The summed E-state index contributed by atoms with van der Waals surface area (Å²) in [7, 11) is 0. The molecule has 2 nitrogen and oxygen atoms in total. The summed E-state index contributed by atoms with van der Waals surface area (Å²) < 4.78 is 10.8. The molecule has 0 aromatic heterocycles. The fraction of sp³-hybridized carbons (Fsp3) is 0.0769. The number of hydrogen-bond donors (Lipinski definition) is 0. The van der Waals surface area contributed by atoms with E-state index in [4.69, 9.17) is 9.47 Å². The smallest absolute Gasteiger partial charge is 0.231 e. The largest absolute Gasteiger partial charge is 0.454 e. The van der Waals surface area contributed by atoms with Crippen LogP contribution in [0.15, 0.2) is 48.5 Å². The van der Waals surface area contributed by atoms with E-state index in [0.29, 0.717) is 6.79 Å². The second kappa shape index (κ2) is 3.31. The highest BCUT2D eigenvalue weighted by Gasteiger charge is 2.17. The van der Waals surface area contributed by atoms with Gasteiger partial charge in [-0.15, -0.1) is 0 Å². The van der Waals surface area contributed by atoms with E-state index in [-0.39, 0.29) is 0 Å². The van der Waals surface area contributed by atoms with Gasteiger partial charge in [0.15, 0.2) is 11.5 Å². The fourth-order valence-corrected chi connectivity index (χ4v) is 1.78. The van der Waals surface area contributed by atoms with Crippen molar-refractivity contribution in [3.63, 3.8) is 0 Å². The SMILES string of the molecule is c1ccc(-c2cccc3c2OCO3)cc1. The maximum atomic E-state index is 5.46. The molecule has 0 amide bonds. The van der Waals surface area contributed by atoms with E-state index >= 15 is 0 Å². The predicted octanol–water partition coefficient (Wildman–Crippen LogP) is 3.08. The lowest BCUT2D eigenvalue weighted by Gasteiger charge is -2.04. The van der Waals surface area contributed by atoms with E-state index in [2.05, 4.69) is 12.1 Å². The van der Waals surface area contributed by atoms with Crippen molar-refractivity contribution in [1.29, 1.82) is 0 Å². The molecule has 0 atom stereocenters. The molecule has 3 rings (SSSR count). The van der Waals surface area contributed by atoms with Crippen LogP contribution in [0, 0.1) is 0 Å². The van der Waals surface area contributed by atoms with E-state index in [1.54, 1.807) is 0 Å². The van der Waals surface area contributed by atoms with Gasteiger partial charge in [0.1, 0.15) is 0 Å². The zero-order valence-corrected chi connectivity index (χ0v) is 8.14. The van der Waals surface area contributed by atoms with Gasteiger partial charge >= 0.3 is 0 Å². The zero-order valence-electron chi connectivity index (χ0n) is 8.14. The molecular formula is C13H10O2. The Morgan fingerprint density at radius 1 is 0.800 bits per heavy atom. The third kappa shape index (κ3) is 1.34. The van der Waals surface area contributed by atoms with Gasteiger partial charge in [-0.2, -0.15) is 0 Å². The Hall–Kier alpha value is -1.96. The number of fused-ring (bicyclic) bond motifs is 1. The van der Waals surface area contributed by atoms with Crippen molar-refractivity contribution >= 4 is 0 Å². The first-order chi connectivity index (χ1) is 7.45. The summed E-state index contributed by atoms with van der Waals surface area (Å²) in [5, 5.41) is 0. The minimum absolute atomic E-state index is 0.319. The minimum atomic E-state index is 0.319. The van der Waals surface area contributed by atoms with Crippen molar-refractivity contribution in [2.45, 2.75) is 0 Å². The minimum Gasteiger partial charge on any atom is -0.454 e. The normalized spacial score (nSPS) is 12.8. The summed E-state index contributed by atoms with van der Waals surface area (Å²) >= 11 is 0. The maximum Gasteiger partial charge on any atom is 0.231 e. The first-order valence-corrected chi connectivity index (χ1v) is 4.89. The van der Waals surface area contributed by atoms with Crippen molar-refractivity contribution in [3.05, 3.63) is 48.5 Å². The van der Waals surface area contributed by atoms with Gasteiger partial charge < -0.3 is 9.47 Å². The second-order valence-electron chi connectivity index (χ2n) is 3.41. The van der Waals surface area contributed by atoms with Crippen LogP contribution in [-0.4, -0.2) is 6.79 Å². The highest BCUT2D eigenvalue weighted by molar-refractivity contribution is 5.74. The van der Waals surface area contributed by atoms with Crippen LogP contribution in [0.5, 0.6) is 11.5 Å². The highest BCUT2D eigenvalue weighted by Crippen LogP contribution is 2.40. The van der Waals surface area contributed by atoms with Crippen molar-refractivity contribution in [2.75, 3.05) is 6.79 Å². The van der Waals surface area contributed by atoms with Gasteiger partial charge in [0.05, 0.1) is 0 Å².